The Hall–Kier alpha value is -0.0800. The molecule has 0 amide bonds. The van der Waals surface area contributed by atoms with Gasteiger partial charge in [-0.3, -0.25) is 0 Å². The Kier molecular flexibility index (Phi) is 4.18. The Morgan fingerprint density at radius 1 is 1.18 bits per heavy atom. The van der Waals surface area contributed by atoms with Crippen LogP contribution in [0.5, 0.6) is 0 Å². The summed E-state index contributed by atoms with van der Waals surface area (Å²) in [7, 11) is 0. The summed E-state index contributed by atoms with van der Waals surface area (Å²) in [6, 6.07) is 0. The third-order valence-corrected chi connectivity index (χ3v) is 8.53. The van der Waals surface area contributed by atoms with Gasteiger partial charge < -0.3 is 9.84 Å². The number of ether oxygens (including phenoxy) is 1. The molecule has 3 rings (SSSR count). The van der Waals surface area contributed by atoms with Crippen LogP contribution in [-0.4, -0.2) is 23.9 Å². The standard InChI is InChI=1S/C20H36O2/c1-12(11-21)7-8-16-15(4)18-17(22-16)10-19(5)13(2)9-14(3)20(18,19)6/h12-18,21H,7-11H2,1-6H3/t12-,13?,14?,15-,16-,17+,18+,19+,20-/m1/s1. The van der Waals surface area contributed by atoms with Gasteiger partial charge in [0, 0.05) is 6.61 Å². The van der Waals surface area contributed by atoms with E-state index < -0.39 is 0 Å². The molecule has 1 saturated heterocycles. The summed E-state index contributed by atoms with van der Waals surface area (Å²) in [4.78, 5) is 0. The predicted molar refractivity (Wildman–Crippen MR) is 90.6 cm³/mol. The molecular formula is C20H36O2. The first-order valence-corrected chi connectivity index (χ1v) is 9.52. The highest BCUT2D eigenvalue weighted by atomic mass is 16.5. The van der Waals surface area contributed by atoms with E-state index in [0.717, 1.165) is 30.6 Å². The SMILES string of the molecule is CC1CC(C)[C@]2(C)[C@H]3[C@H](C)[C@@H](CC[C@@H](C)CO)O[C@H]3C[C@@]12C. The highest BCUT2D eigenvalue weighted by molar-refractivity contribution is 5.17. The van der Waals surface area contributed by atoms with Gasteiger partial charge in [-0.1, -0.05) is 41.5 Å². The van der Waals surface area contributed by atoms with E-state index in [4.69, 9.17) is 4.74 Å². The number of rotatable bonds is 4. The lowest BCUT2D eigenvalue weighted by Crippen LogP contribution is -2.41. The van der Waals surface area contributed by atoms with Crippen molar-refractivity contribution in [2.24, 2.45) is 40.4 Å². The van der Waals surface area contributed by atoms with E-state index >= 15 is 0 Å². The first kappa shape index (κ1) is 16.8. The highest BCUT2D eigenvalue weighted by Gasteiger charge is 2.70. The van der Waals surface area contributed by atoms with Crippen LogP contribution in [-0.2, 0) is 4.74 Å². The van der Waals surface area contributed by atoms with Crippen LogP contribution in [0.15, 0.2) is 0 Å². The summed E-state index contributed by atoms with van der Waals surface area (Å²) in [6.07, 6.45) is 5.74. The molecule has 2 nitrogen and oxygen atoms in total. The van der Waals surface area contributed by atoms with Crippen molar-refractivity contribution < 1.29 is 9.84 Å². The van der Waals surface area contributed by atoms with E-state index in [1.807, 2.05) is 0 Å². The van der Waals surface area contributed by atoms with E-state index in [0.29, 0.717) is 41.5 Å². The first-order chi connectivity index (χ1) is 10.3. The minimum Gasteiger partial charge on any atom is -0.396 e. The van der Waals surface area contributed by atoms with Crippen LogP contribution in [0.3, 0.4) is 0 Å². The molecule has 0 aromatic rings. The van der Waals surface area contributed by atoms with Gasteiger partial charge in [0.05, 0.1) is 12.2 Å². The third-order valence-electron chi connectivity index (χ3n) is 8.53. The molecule has 9 atom stereocenters. The predicted octanol–water partition coefficient (Wildman–Crippen LogP) is 4.51. The summed E-state index contributed by atoms with van der Waals surface area (Å²) in [5.41, 5.74) is 0.896. The van der Waals surface area contributed by atoms with Crippen molar-refractivity contribution in [1.29, 1.82) is 0 Å². The van der Waals surface area contributed by atoms with Crippen LogP contribution in [0.25, 0.3) is 0 Å². The average Bonchev–Trinajstić information content (AvgIpc) is 2.95. The molecule has 22 heavy (non-hydrogen) atoms. The molecule has 2 unspecified atom stereocenters. The fraction of sp³-hybridized carbons (Fsp3) is 1.00. The zero-order chi connectivity index (χ0) is 16.3. The lowest BCUT2D eigenvalue weighted by molar-refractivity contribution is -0.000848. The number of hydrogen-bond donors (Lipinski definition) is 1. The monoisotopic (exact) mass is 308 g/mol. The van der Waals surface area contributed by atoms with Gasteiger partial charge in [0.2, 0.25) is 0 Å². The topological polar surface area (TPSA) is 29.5 Å². The van der Waals surface area contributed by atoms with Crippen molar-refractivity contribution in [3.8, 4) is 0 Å². The minimum absolute atomic E-state index is 0.304. The third kappa shape index (κ3) is 2.05. The maximum Gasteiger partial charge on any atom is 0.0621 e. The average molecular weight is 309 g/mol. The van der Waals surface area contributed by atoms with Crippen LogP contribution < -0.4 is 0 Å². The molecule has 0 spiro atoms. The second-order valence-electron chi connectivity index (χ2n) is 9.41. The quantitative estimate of drug-likeness (QED) is 0.828. The molecule has 3 fully saturated rings. The molecule has 1 N–H and O–H groups in total. The van der Waals surface area contributed by atoms with Crippen molar-refractivity contribution in [3.05, 3.63) is 0 Å². The second-order valence-corrected chi connectivity index (χ2v) is 9.41. The molecule has 0 bridgehead atoms. The normalized spacial score (nSPS) is 55.2. The van der Waals surface area contributed by atoms with Gasteiger partial charge in [0.1, 0.15) is 0 Å². The molecule has 0 aromatic carbocycles. The van der Waals surface area contributed by atoms with E-state index in [-0.39, 0.29) is 0 Å². The van der Waals surface area contributed by atoms with Crippen molar-refractivity contribution in [3.63, 3.8) is 0 Å². The number of hydrogen-bond acceptors (Lipinski definition) is 2. The van der Waals surface area contributed by atoms with Crippen molar-refractivity contribution in [2.45, 2.75) is 79.4 Å². The first-order valence-electron chi connectivity index (χ1n) is 9.52. The zero-order valence-electron chi connectivity index (χ0n) is 15.4. The van der Waals surface area contributed by atoms with Gasteiger partial charge in [0.25, 0.3) is 0 Å². The summed E-state index contributed by atoms with van der Waals surface area (Å²) in [5.74, 6) is 3.43. The van der Waals surface area contributed by atoms with Crippen LogP contribution in [0.4, 0.5) is 0 Å². The van der Waals surface area contributed by atoms with Crippen LogP contribution in [0.2, 0.25) is 0 Å². The van der Waals surface area contributed by atoms with E-state index in [1.54, 1.807) is 0 Å². The summed E-state index contributed by atoms with van der Waals surface area (Å²) >= 11 is 0. The van der Waals surface area contributed by atoms with Gasteiger partial charge in [0.15, 0.2) is 0 Å². The minimum atomic E-state index is 0.304. The van der Waals surface area contributed by atoms with Gasteiger partial charge in [-0.05, 0) is 66.1 Å². The van der Waals surface area contributed by atoms with Gasteiger partial charge in [-0.2, -0.15) is 0 Å². The number of fused-ring (bicyclic) bond motifs is 3. The Morgan fingerprint density at radius 2 is 1.86 bits per heavy atom. The molecule has 3 aliphatic rings. The molecule has 0 radical (unpaired) electrons. The molecule has 128 valence electrons. The van der Waals surface area contributed by atoms with Crippen LogP contribution in [0.1, 0.15) is 67.2 Å². The van der Waals surface area contributed by atoms with Crippen molar-refractivity contribution in [2.75, 3.05) is 6.61 Å². The van der Waals surface area contributed by atoms with Gasteiger partial charge >= 0.3 is 0 Å². The highest BCUT2D eigenvalue weighted by Crippen LogP contribution is 2.73. The van der Waals surface area contributed by atoms with Gasteiger partial charge in [-0.25, -0.2) is 0 Å². The molecule has 2 aliphatic carbocycles. The molecular weight excluding hydrogens is 272 g/mol. The largest absolute Gasteiger partial charge is 0.396 e. The molecule has 1 aliphatic heterocycles. The second kappa shape index (κ2) is 5.48. The van der Waals surface area contributed by atoms with Gasteiger partial charge in [-0.15, -0.1) is 0 Å². The van der Waals surface area contributed by atoms with Crippen molar-refractivity contribution in [1.82, 2.24) is 0 Å². The summed E-state index contributed by atoms with van der Waals surface area (Å²) < 4.78 is 6.57. The Morgan fingerprint density at radius 3 is 2.50 bits per heavy atom. The lowest BCUT2D eigenvalue weighted by atomic mass is 9.59. The zero-order valence-corrected chi connectivity index (χ0v) is 15.4. The Bertz CT molecular complexity index is 422. The summed E-state index contributed by atoms with van der Waals surface area (Å²) in [6.45, 7) is 14.9. The maximum absolute atomic E-state index is 9.26. The van der Waals surface area contributed by atoms with E-state index in [9.17, 15) is 5.11 Å². The fourth-order valence-electron chi connectivity index (χ4n) is 6.66. The summed E-state index contributed by atoms with van der Waals surface area (Å²) in [5, 5.41) is 9.26. The molecule has 2 saturated carbocycles. The Labute approximate surface area is 137 Å². The lowest BCUT2D eigenvalue weighted by Gasteiger charge is -2.45. The van der Waals surface area contributed by atoms with Crippen LogP contribution >= 0.6 is 0 Å². The smallest absolute Gasteiger partial charge is 0.0621 e. The van der Waals surface area contributed by atoms with Crippen molar-refractivity contribution >= 4 is 0 Å². The van der Waals surface area contributed by atoms with E-state index in [2.05, 4.69) is 41.5 Å². The Balaban J connectivity index is 1.77. The van der Waals surface area contributed by atoms with E-state index in [1.165, 1.54) is 12.8 Å². The number of aliphatic hydroxyl groups is 1. The number of aliphatic hydroxyl groups excluding tert-OH is 1. The molecule has 1 heterocycles. The van der Waals surface area contributed by atoms with Crippen LogP contribution in [0, 0.1) is 40.4 Å². The molecule has 2 heteroatoms. The molecule has 0 aromatic heterocycles. The fourth-order valence-corrected chi connectivity index (χ4v) is 6.66. The maximum atomic E-state index is 9.26.